The van der Waals surface area contributed by atoms with E-state index in [1.165, 1.54) is 25.7 Å². The Kier molecular flexibility index (Phi) is 6.96. The molecule has 6 nitrogen and oxygen atoms in total. The summed E-state index contributed by atoms with van der Waals surface area (Å²) in [7, 11) is 1.64. The van der Waals surface area contributed by atoms with Crippen LogP contribution >= 0.6 is 0 Å². The highest BCUT2D eigenvalue weighted by Gasteiger charge is 2.49. The molecule has 1 aliphatic heterocycles. The average Bonchev–Trinajstić information content (AvgIpc) is 2.84. The van der Waals surface area contributed by atoms with Gasteiger partial charge in [0, 0.05) is 43.8 Å². The topological polar surface area (TPSA) is 53.1 Å². The Bertz CT molecular complexity index is 803. The zero-order valence-corrected chi connectivity index (χ0v) is 20.0. The van der Waals surface area contributed by atoms with Crippen molar-refractivity contribution in [2.24, 2.45) is 17.3 Å². The highest BCUT2D eigenvalue weighted by molar-refractivity contribution is 5.92. The Balaban J connectivity index is 1.38. The second-order valence-corrected chi connectivity index (χ2v) is 9.96. The monoisotopic (exact) mass is 441 g/mol. The van der Waals surface area contributed by atoms with Crippen molar-refractivity contribution in [1.82, 2.24) is 9.80 Å². The van der Waals surface area contributed by atoms with Crippen LogP contribution in [0.25, 0.3) is 0 Å². The van der Waals surface area contributed by atoms with Crippen molar-refractivity contribution in [2.75, 3.05) is 44.7 Å². The van der Waals surface area contributed by atoms with Crippen LogP contribution in [0.2, 0.25) is 0 Å². The molecule has 3 atom stereocenters. The first-order chi connectivity index (χ1) is 15.5. The van der Waals surface area contributed by atoms with E-state index in [2.05, 4.69) is 11.8 Å². The third-order valence-electron chi connectivity index (χ3n) is 8.09. The predicted octanol–water partition coefficient (Wildman–Crippen LogP) is 4.78. The maximum Gasteiger partial charge on any atom is 0.324 e. The number of benzene rings is 1. The number of rotatable bonds is 5. The van der Waals surface area contributed by atoms with E-state index < -0.39 is 0 Å². The van der Waals surface area contributed by atoms with E-state index in [9.17, 15) is 9.59 Å². The van der Waals surface area contributed by atoms with Crippen molar-refractivity contribution in [3.8, 4) is 5.75 Å². The average molecular weight is 442 g/mol. The van der Waals surface area contributed by atoms with Gasteiger partial charge in [-0.1, -0.05) is 26.2 Å². The summed E-state index contributed by atoms with van der Waals surface area (Å²) in [6, 6.07) is 7.63. The molecule has 2 saturated carbocycles. The largest absolute Gasteiger partial charge is 0.497 e. The number of hydrogen-bond donors (Lipinski definition) is 0. The van der Waals surface area contributed by atoms with E-state index in [1.54, 1.807) is 12.0 Å². The van der Waals surface area contributed by atoms with Crippen LogP contribution in [-0.4, -0.2) is 61.6 Å². The van der Waals surface area contributed by atoms with Gasteiger partial charge in [0.05, 0.1) is 7.11 Å². The van der Waals surface area contributed by atoms with Crippen LogP contribution in [0.1, 0.15) is 58.8 Å². The fourth-order valence-corrected chi connectivity index (χ4v) is 6.37. The van der Waals surface area contributed by atoms with Gasteiger partial charge in [0.2, 0.25) is 5.91 Å². The van der Waals surface area contributed by atoms with E-state index in [1.807, 2.05) is 36.1 Å². The van der Waals surface area contributed by atoms with Crippen LogP contribution in [0, 0.1) is 17.3 Å². The van der Waals surface area contributed by atoms with Crippen molar-refractivity contribution in [1.29, 1.82) is 0 Å². The second-order valence-electron chi connectivity index (χ2n) is 9.96. The van der Waals surface area contributed by atoms with Gasteiger partial charge >= 0.3 is 6.03 Å². The van der Waals surface area contributed by atoms with Gasteiger partial charge in [-0.2, -0.15) is 0 Å². The number of ether oxygens (including phenoxy) is 1. The van der Waals surface area contributed by atoms with Crippen LogP contribution in [0.5, 0.6) is 5.75 Å². The number of carbonyl (C=O) groups is 2. The molecule has 2 aliphatic carbocycles. The number of hydrogen-bond acceptors (Lipinski definition) is 3. The van der Waals surface area contributed by atoms with E-state index >= 15 is 0 Å². The molecule has 32 heavy (non-hydrogen) atoms. The van der Waals surface area contributed by atoms with Crippen molar-refractivity contribution in [3.63, 3.8) is 0 Å². The van der Waals surface area contributed by atoms with E-state index in [0.717, 1.165) is 36.6 Å². The summed E-state index contributed by atoms with van der Waals surface area (Å²) in [5.74, 6) is 2.58. The van der Waals surface area contributed by atoms with Crippen LogP contribution in [0.4, 0.5) is 10.5 Å². The van der Waals surface area contributed by atoms with Crippen molar-refractivity contribution < 1.29 is 14.3 Å². The van der Waals surface area contributed by atoms with Crippen LogP contribution in [-0.2, 0) is 4.79 Å². The molecule has 3 aliphatic rings. The van der Waals surface area contributed by atoms with Crippen molar-refractivity contribution in [2.45, 2.75) is 58.8 Å². The van der Waals surface area contributed by atoms with Gasteiger partial charge in [0.1, 0.15) is 5.75 Å². The Hall–Kier alpha value is -2.24. The molecule has 3 fully saturated rings. The van der Waals surface area contributed by atoms with Crippen LogP contribution < -0.4 is 9.64 Å². The molecule has 0 aromatic heterocycles. The smallest absolute Gasteiger partial charge is 0.324 e. The fraction of sp³-hybridized carbons (Fsp3) is 0.692. The van der Waals surface area contributed by atoms with Gasteiger partial charge in [-0.15, -0.1) is 0 Å². The van der Waals surface area contributed by atoms with E-state index in [0.29, 0.717) is 44.5 Å². The van der Waals surface area contributed by atoms with E-state index in [4.69, 9.17) is 4.74 Å². The minimum absolute atomic E-state index is 0.0179. The van der Waals surface area contributed by atoms with E-state index in [-0.39, 0.29) is 11.4 Å². The molecule has 1 saturated heterocycles. The number of piperazine rings is 1. The number of methoxy groups -OCH3 is 1. The Morgan fingerprint density at radius 1 is 1.06 bits per heavy atom. The normalized spacial score (nSPS) is 27.7. The number of nitrogens with zero attached hydrogens (tertiary/aromatic N) is 3. The molecule has 176 valence electrons. The molecular weight excluding hydrogens is 402 g/mol. The summed E-state index contributed by atoms with van der Waals surface area (Å²) in [5.41, 5.74) is 0.740. The highest BCUT2D eigenvalue weighted by Crippen LogP contribution is 2.52. The van der Waals surface area contributed by atoms with Crippen LogP contribution in [0.15, 0.2) is 24.3 Å². The highest BCUT2D eigenvalue weighted by atomic mass is 16.5. The summed E-state index contributed by atoms with van der Waals surface area (Å²) in [6.45, 7) is 7.38. The molecule has 0 N–H and O–H groups in total. The third kappa shape index (κ3) is 4.46. The van der Waals surface area contributed by atoms with Gasteiger partial charge in [0.25, 0.3) is 0 Å². The summed E-state index contributed by atoms with van der Waals surface area (Å²) >= 11 is 0. The van der Waals surface area contributed by atoms with Gasteiger partial charge in [-0.05, 0) is 68.7 Å². The molecule has 0 spiro atoms. The first kappa shape index (κ1) is 22.9. The number of carbonyl (C=O) groups excluding carboxylic acids is 2. The predicted molar refractivity (Wildman–Crippen MR) is 127 cm³/mol. The lowest BCUT2D eigenvalue weighted by Gasteiger charge is -2.50. The molecular formula is C26H39N3O3. The first-order valence-electron chi connectivity index (χ1n) is 12.5. The van der Waals surface area contributed by atoms with Crippen molar-refractivity contribution >= 4 is 17.6 Å². The third-order valence-corrected chi connectivity index (χ3v) is 8.09. The molecule has 6 heteroatoms. The fourth-order valence-electron chi connectivity index (χ4n) is 6.37. The van der Waals surface area contributed by atoms with Gasteiger partial charge < -0.3 is 14.5 Å². The van der Waals surface area contributed by atoms with Gasteiger partial charge in [0.15, 0.2) is 0 Å². The summed E-state index contributed by atoms with van der Waals surface area (Å²) in [4.78, 5) is 32.7. The number of anilines is 1. The summed E-state index contributed by atoms with van der Waals surface area (Å²) in [6.07, 6.45) is 8.20. The maximum absolute atomic E-state index is 13.7. The lowest BCUT2D eigenvalue weighted by molar-refractivity contribution is -0.151. The van der Waals surface area contributed by atoms with Gasteiger partial charge in [-0.25, -0.2) is 4.79 Å². The minimum atomic E-state index is -0.132. The lowest BCUT2D eigenvalue weighted by atomic mass is 9.58. The minimum Gasteiger partial charge on any atom is -0.497 e. The SMILES string of the molecule is CCC1CC2CCCC(C(=O)N3CCN(C(=O)N(CC)c4ccc(OC)cc4)CC3)(C1)C2. The Labute approximate surface area is 192 Å². The number of urea groups is 1. The second kappa shape index (κ2) is 9.72. The quantitative estimate of drug-likeness (QED) is 0.661. The first-order valence-corrected chi connectivity index (χ1v) is 12.5. The number of fused-ring (bicyclic) bond motifs is 2. The molecule has 2 bridgehead atoms. The Morgan fingerprint density at radius 2 is 1.75 bits per heavy atom. The number of amides is 3. The lowest BCUT2D eigenvalue weighted by Crippen LogP contribution is -2.58. The zero-order valence-electron chi connectivity index (χ0n) is 20.0. The molecule has 4 rings (SSSR count). The molecule has 3 amide bonds. The zero-order chi connectivity index (χ0) is 22.7. The maximum atomic E-state index is 13.7. The Morgan fingerprint density at radius 3 is 2.38 bits per heavy atom. The molecule has 1 aromatic carbocycles. The molecule has 1 aromatic rings. The molecule has 1 heterocycles. The van der Waals surface area contributed by atoms with Gasteiger partial charge in [-0.3, -0.25) is 9.69 Å². The van der Waals surface area contributed by atoms with Crippen molar-refractivity contribution in [3.05, 3.63) is 24.3 Å². The molecule has 3 unspecified atom stereocenters. The standard InChI is InChI=1S/C26H39N3O3/c1-4-20-17-21-7-6-12-26(18-20,19-21)24(30)27-13-15-28(16-14-27)25(31)29(5-2)22-8-10-23(32-3)11-9-22/h8-11,20-21H,4-7,12-19H2,1-3H3. The summed E-state index contributed by atoms with van der Waals surface area (Å²) < 4.78 is 5.23. The molecule has 0 radical (unpaired) electrons. The summed E-state index contributed by atoms with van der Waals surface area (Å²) in [5, 5.41) is 0. The van der Waals surface area contributed by atoms with Crippen LogP contribution in [0.3, 0.4) is 0 Å².